The smallest absolute Gasteiger partial charge is 0.293 e. The van der Waals surface area contributed by atoms with E-state index in [1.807, 2.05) is 37.3 Å². The summed E-state index contributed by atoms with van der Waals surface area (Å²) in [6.07, 6.45) is 3.64. The third-order valence-corrected chi connectivity index (χ3v) is 4.16. The van der Waals surface area contributed by atoms with Gasteiger partial charge in [-0.25, -0.2) is 0 Å². The molecule has 0 spiro atoms. The van der Waals surface area contributed by atoms with Gasteiger partial charge in [0.1, 0.15) is 6.10 Å². The fourth-order valence-electron chi connectivity index (χ4n) is 3.18. The number of nitrogens with one attached hydrogen (secondary N) is 1. The molecule has 104 valence electrons. The van der Waals surface area contributed by atoms with E-state index in [1.54, 1.807) is 0 Å². The van der Waals surface area contributed by atoms with Crippen molar-refractivity contribution in [3.05, 3.63) is 41.5 Å². The lowest BCUT2D eigenvalue weighted by atomic mass is 9.95. The van der Waals surface area contributed by atoms with Gasteiger partial charge in [0.05, 0.1) is 0 Å². The normalized spacial score (nSPS) is 27.1. The molecule has 1 amide bonds. The van der Waals surface area contributed by atoms with Gasteiger partial charge in [-0.3, -0.25) is 9.59 Å². The topological polar surface area (TPSA) is 55.4 Å². The molecule has 20 heavy (non-hydrogen) atoms. The van der Waals surface area contributed by atoms with Crippen molar-refractivity contribution in [1.82, 2.24) is 0 Å². The minimum Gasteiger partial charge on any atom is -0.464 e. The lowest BCUT2D eigenvalue weighted by Gasteiger charge is -2.21. The maximum Gasteiger partial charge on any atom is 0.293 e. The van der Waals surface area contributed by atoms with E-state index in [1.165, 1.54) is 0 Å². The fourth-order valence-corrected chi connectivity index (χ4v) is 3.18. The van der Waals surface area contributed by atoms with Crippen molar-refractivity contribution in [2.24, 2.45) is 11.8 Å². The summed E-state index contributed by atoms with van der Waals surface area (Å²) in [6, 6.07) is 7.70. The standard InChI is InChI=1S/C16H17NO3/c1-10-2-4-12(5-3-10)17-16(19)14-7-11-6-13(14)15(8-11)20-9-18/h2-5,7,9,11,13,15H,6,8H2,1H3,(H,17,19). The van der Waals surface area contributed by atoms with Crippen LogP contribution in [-0.4, -0.2) is 18.5 Å². The summed E-state index contributed by atoms with van der Waals surface area (Å²) in [4.78, 5) is 22.8. The van der Waals surface area contributed by atoms with Gasteiger partial charge >= 0.3 is 0 Å². The Labute approximate surface area is 117 Å². The summed E-state index contributed by atoms with van der Waals surface area (Å²) in [6.45, 7) is 2.49. The van der Waals surface area contributed by atoms with Crippen LogP contribution in [0.15, 0.2) is 35.9 Å². The van der Waals surface area contributed by atoms with Gasteiger partial charge in [0, 0.05) is 17.2 Å². The molecule has 2 aliphatic carbocycles. The lowest BCUT2D eigenvalue weighted by Crippen LogP contribution is -2.27. The van der Waals surface area contributed by atoms with Crippen LogP contribution in [0.2, 0.25) is 0 Å². The molecular formula is C16H17NO3. The first-order valence-electron chi connectivity index (χ1n) is 6.86. The SMILES string of the molecule is Cc1ccc(NC(=O)C2=CC3CC(OC=O)C2C3)cc1. The Morgan fingerprint density at radius 3 is 2.70 bits per heavy atom. The highest BCUT2D eigenvalue weighted by molar-refractivity contribution is 6.04. The molecule has 2 bridgehead atoms. The van der Waals surface area contributed by atoms with E-state index in [9.17, 15) is 9.59 Å². The van der Waals surface area contributed by atoms with Gasteiger partial charge in [-0.05, 0) is 37.8 Å². The molecule has 4 heteroatoms. The van der Waals surface area contributed by atoms with Crippen LogP contribution in [0.4, 0.5) is 5.69 Å². The third-order valence-electron chi connectivity index (χ3n) is 4.16. The minimum absolute atomic E-state index is 0.0515. The lowest BCUT2D eigenvalue weighted by molar-refractivity contribution is -0.135. The molecule has 3 unspecified atom stereocenters. The van der Waals surface area contributed by atoms with Crippen LogP contribution in [-0.2, 0) is 14.3 Å². The van der Waals surface area contributed by atoms with Crippen LogP contribution >= 0.6 is 0 Å². The average molecular weight is 271 g/mol. The number of fused-ring (bicyclic) bond motifs is 2. The molecule has 2 aliphatic rings. The molecule has 3 rings (SSSR count). The maximum absolute atomic E-state index is 12.3. The molecule has 1 N–H and O–H groups in total. The molecule has 0 heterocycles. The number of amides is 1. The summed E-state index contributed by atoms with van der Waals surface area (Å²) >= 11 is 0. The van der Waals surface area contributed by atoms with Crippen molar-refractivity contribution in [2.75, 3.05) is 5.32 Å². The molecular weight excluding hydrogens is 254 g/mol. The molecule has 1 fully saturated rings. The first kappa shape index (κ1) is 12.9. The zero-order valence-electron chi connectivity index (χ0n) is 11.3. The van der Waals surface area contributed by atoms with Crippen LogP contribution < -0.4 is 5.32 Å². The van der Waals surface area contributed by atoms with Gasteiger partial charge in [0.25, 0.3) is 12.4 Å². The fraction of sp³-hybridized carbons (Fsp3) is 0.375. The highest BCUT2D eigenvalue weighted by Crippen LogP contribution is 2.45. The Kier molecular flexibility index (Phi) is 3.30. The number of anilines is 1. The summed E-state index contributed by atoms with van der Waals surface area (Å²) in [5.41, 5.74) is 2.70. The predicted octanol–water partition coefficient (Wildman–Crippen LogP) is 2.44. The second-order valence-electron chi connectivity index (χ2n) is 5.55. The van der Waals surface area contributed by atoms with Gasteiger partial charge in [0.2, 0.25) is 0 Å². The largest absolute Gasteiger partial charge is 0.464 e. The van der Waals surface area contributed by atoms with Crippen LogP contribution in [0.3, 0.4) is 0 Å². The summed E-state index contributed by atoms with van der Waals surface area (Å²) in [7, 11) is 0. The van der Waals surface area contributed by atoms with Crippen molar-refractivity contribution in [1.29, 1.82) is 0 Å². The Morgan fingerprint density at radius 2 is 2.05 bits per heavy atom. The number of carbonyl (C=O) groups excluding carboxylic acids is 2. The van der Waals surface area contributed by atoms with Crippen LogP contribution in [0.1, 0.15) is 18.4 Å². The second kappa shape index (κ2) is 5.12. The van der Waals surface area contributed by atoms with Crippen molar-refractivity contribution in [2.45, 2.75) is 25.9 Å². The van der Waals surface area contributed by atoms with Crippen LogP contribution in [0, 0.1) is 18.8 Å². The number of allylic oxidation sites excluding steroid dienone is 1. The Hall–Kier alpha value is -2.10. The molecule has 4 nitrogen and oxygen atoms in total. The van der Waals surface area contributed by atoms with E-state index >= 15 is 0 Å². The molecule has 0 radical (unpaired) electrons. The summed E-state index contributed by atoms with van der Waals surface area (Å²) < 4.78 is 5.08. The molecule has 3 atom stereocenters. The molecule has 1 saturated carbocycles. The number of hydrogen-bond acceptors (Lipinski definition) is 3. The van der Waals surface area contributed by atoms with Crippen LogP contribution in [0.25, 0.3) is 0 Å². The van der Waals surface area contributed by atoms with E-state index in [0.717, 1.165) is 29.7 Å². The zero-order valence-corrected chi connectivity index (χ0v) is 11.3. The van der Waals surface area contributed by atoms with Gasteiger partial charge in [-0.2, -0.15) is 0 Å². The molecule has 1 aromatic rings. The quantitative estimate of drug-likeness (QED) is 0.856. The van der Waals surface area contributed by atoms with Crippen molar-refractivity contribution < 1.29 is 14.3 Å². The molecule has 0 saturated heterocycles. The Balaban J connectivity index is 1.70. The first-order valence-corrected chi connectivity index (χ1v) is 6.86. The average Bonchev–Trinajstić information content (AvgIpc) is 3.01. The van der Waals surface area contributed by atoms with E-state index in [2.05, 4.69) is 5.32 Å². The third kappa shape index (κ3) is 2.33. The number of ether oxygens (including phenoxy) is 1. The van der Waals surface area contributed by atoms with Gasteiger partial charge < -0.3 is 10.1 Å². The van der Waals surface area contributed by atoms with E-state index in [-0.39, 0.29) is 17.9 Å². The van der Waals surface area contributed by atoms with E-state index in [0.29, 0.717) is 12.4 Å². The zero-order chi connectivity index (χ0) is 14.1. The predicted molar refractivity (Wildman–Crippen MR) is 75.0 cm³/mol. The van der Waals surface area contributed by atoms with E-state index in [4.69, 9.17) is 4.74 Å². The first-order chi connectivity index (χ1) is 9.67. The summed E-state index contributed by atoms with van der Waals surface area (Å²) in [5.74, 6) is 0.333. The van der Waals surface area contributed by atoms with Gasteiger partial charge in [-0.15, -0.1) is 0 Å². The van der Waals surface area contributed by atoms with Gasteiger partial charge in [0.15, 0.2) is 0 Å². The number of carbonyl (C=O) groups is 2. The highest BCUT2D eigenvalue weighted by atomic mass is 16.5. The van der Waals surface area contributed by atoms with Gasteiger partial charge in [-0.1, -0.05) is 23.8 Å². The highest BCUT2D eigenvalue weighted by Gasteiger charge is 2.44. The van der Waals surface area contributed by atoms with E-state index < -0.39 is 0 Å². The van der Waals surface area contributed by atoms with Crippen molar-refractivity contribution in [3.63, 3.8) is 0 Å². The van der Waals surface area contributed by atoms with Crippen molar-refractivity contribution in [3.8, 4) is 0 Å². The number of benzene rings is 1. The number of aryl methyl sites for hydroxylation is 1. The Morgan fingerprint density at radius 1 is 1.30 bits per heavy atom. The Bertz CT molecular complexity index is 562. The molecule has 0 aliphatic heterocycles. The number of rotatable bonds is 4. The number of hydrogen-bond donors (Lipinski definition) is 1. The molecule has 0 aromatic heterocycles. The summed E-state index contributed by atoms with van der Waals surface area (Å²) in [5, 5.41) is 2.91. The monoisotopic (exact) mass is 271 g/mol. The van der Waals surface area contributed by atoms with Crippen molar-refractivity contribution >= 4 is 18.1 Å². The molecule has 1 aromatic carbocycles. The maximum atomic E-state index is 12.3. The second-order valence-corrected chi connectivity index (χ2v) is 5.55. The van der Waals surface area contributed by atoms with Crippen LogP contribution in [0.5, 0.6) is 0 Å². The minimum atomic E-state index is -0.138.